The minimum atomic E-state index is 0.0382. The number of thiocarbonyl (C=S) groups is 1. The van der Waals surface area contributed by atoms with E-state index in [-0.39, 0.29) is 18.2 Å². The lowest BCUT2D eigenvalue weighted by atomic mass is 9.96. The Hall–Kier alpha value is -1.92. The maximum atomic E-state index is 5.94. The molecule has 0 bridgehead atoms. The van der Waals surface area contributed by atoms with Gasteiger partial charge in [0.2, 0.25) is 0 Å². The first-order valence-electron chi connectivity index (χ1n) is 10.3. The summed E-state index contributed by atoms with van der Waals surface area (Å²) < 4.78 is 8.35. The van der Waals surface area contributed by atoms with Crippen molar-refractivity contribution in [1.29, 1.82) is 0 Å². The van der Waals surface area contributed by atoms with E-state index in [1.165, 1.54) is 17.0 Å². The van der Waals surface area contributed by atoms with Crippen LogP contribution in [0.5, 0.6) is 0 Å². The molecule has 4 heterocycles. The SMILES string of the molecule is Cc1cc([C@H]2[C@@H](c3ccccn3)NC(=S)N2C[C@@H]2CCCO2)c(C)n1C(C)C. The average molecular weight is 399 g/mol. The highest BCUT2D eigenvalue weighted by Crippen LogP contribution is 2.41. The van der Waals surface area contributed by atoms with E-state index in [0.717, 1.165) is 36.8 Å². The number of aromatic nitrogens is 2. The van der Waals surface area contributed by atoms with E-state index < -0.39 is 0 Å². The number of aryl methyl sites for hydroxylation is 1. The van der Waals surface area contributed by atoms with Crippen LogP contribution in [0, 0.1) is 13.8 Å². The number of rotatable bonds is 5. The summed E-state index contributed by atoms with van der Waals surface area (Å²) in [6, 6.07) is 9.00. The number of hydrogen-bond acceptors (Lipinski definition) is 3. The first kappa shape index (κ1) is 19.4. The van der Waals surface area contributed by atoms with Crippen LogP contribution in [0.15, 0.2) is 30.5 Å². The van der Waals surface area contributed by atoms with Crippen molar-refractivity contribution in [2.24, 2.45) is 0 Å². The molecule has 1 N–H and O–H groups in total. The summed E-state index contributed by atoms with van der Waals surface area (Å²) >= 11 is 5.79. The van der Waals surface area contributed by atoms with Gasteiger partial charge in [0.15, 0.2) is 5.11 Å². The fraction of sp³-hybridized carbons (Fsp3) is 0.545. The smallest absolute Gasteiger partial charge is 0.170 e. The van der Waals surface area contributed by atoms with Crippen molar-refractivity contribution in [3.8, 4) is 0 Å². The summed E-state index contributed by atoms with van der Waals surface area (Å²) in [5.41, 5.74) is 4.95. The van der Waals surface area contributed by atoms with E-state index in [2.05, 4.69) is 59.6 Å². The zero-order valence-corrected chi connectivity index (χ0v) is 18.0. The van der Waals surface area contributed by atoms with Gasteiger partial charge in [-0.05, 0) is 76.5 Å². The lowest BCUT2D eigenvalue weighted by Gasteiger charge is -2.30. The molecular formula is C22H30N4OS. The van der Waals surface area contributed by atoms with Crippen molar-refractivity contribution in [3.05, 3.63) is 53.1 Å². The molecule has 6 heteroatoms. The molecule has 0 spiro atoms. The Morgan fingerprint density at radius 2 is 2.14 bits per heavy atom. The van der Waals surface area contributed by atoms with Crippen molar-refractivity contribution in [3.63, 3.8) is 0 Å². The van der Waals surface area contributed by atoms with Crippen LogP contribution in [0.3, 0.4) is 0 Å². The van der Waals surface area contributed by atoms with Crippen molar-refractivity contribution in [2.45, 2.75) is 64.8 Å². The van der Waals surface area contributed by atoms with Gasteiger partial charge in [-0.25, -0.2) is 0 Å². The summed E-state index contributed by atoms with van der Waals surface area (Å²) in [7, 11) is 0. The molecular weight excluding hydrogens is 368 g/mol. The highest BCUT2D eigenvalue weighted by atomic mass is 32.1. The molecule has 0 amide bonds. The van der Waals surface area contributed by atoms with Gasteiger partial charge in [-0.15, -0.1) is 0 Å². The van der Waals surface area contributed by atoms with E-state index >= 15 is 0 Å². The van der Waals surface area contributed by atoms with E-state index in [0.29, 0.717) is 6.04 Å². The maximum Gasteiger partial charge on any atom is 0.170 e. The average Bonchev–Trinajstić information content (AvgIpc) is 3.36. The summed E-state index contributed by atoms with van der Waals surface area (Å²) in [5, 5.41) is 4.35. The molecule has 150 valence electrons. The quantitative estimate of drug-likeness (QED) is 0.764. The summed E-state index contributed by atoms with van der Waals surface area (Å²) in [6.07, 6.45) is 4.34. The first-order chi connectivity index (χ1) is 13.5. The monoisotopic (exact) mass is 398 g/mol. The van der Waals surface area contributed by atoms with Crippen LogP contribution in [0.1, 0.15) is 67.5 Å². The van der Waals surface area contributed by atoms with E-state index in [1.807, 2.05) is 18.3 Å². The Bertz CT molecular complexity index is 842. The molecule has 2 fully saturated rings. The van der Waals surface area contributed by atoms with Crippen LogP contribution in [0.25, 0.3) is 0 Å². The largest absolute Gasteiger partial charge is 0.376 e. The van der Waals surface area contributed by atoms with Crippen LogP contribution in [0.4, 0.5) is 0 Å². The van der Waals surface area contributed by atoms with Gasteiger partial charge in [0.25, 0.3) is 0 Å². The lowest BCUT2D eigenvalue weighted by Crippen LogP contribution is -2.36. The zero-order valence-electron chi connectivity index (χ0n) is 17.2. The molecule has 28 heavy (non-hydrogen) atoms. The van der Waals surface area contributed by atoms with Gasteiger partial charge in [0.05, 0.1) is 23.9 Å². The Labute approximate surface area is 173 Å². The van der Waals surface area contributed by atoms with Crippen molar-refractivity contribution in [1.82, 2.24) is 19.8 Å². The predicted octanol–water partition coefficient (Wildman–Crippen LogP) is 4.23. The van der Waals surface area contributed by atoms with Gasteiger partial charge in [0.1, 0.15) is 0 Å². The molecule has 0 aliphatic carbocycles. The summed E-state index contributed by atoms with van der Waals surface area (Å²) in [4.78, 5) is 6.97. The van der Waals surface area contributed by atoms with Crippen LogP contribution in [0.2, 0.25) is 0 Å². The maximum absolute atomic E-state index is 5.94. The molecule has 2 saturated heterocycles. The Balaban J connectivity index is 1.76. The standard InChI is InChI=1S/C22H30N4OS/c1-14(2)26-15(3)12-18(16(26)4)21-20(19-9-5-6-10-23-19)24-22(28)25(21)13-17-8-7-11-27-17/h5-6,9-10,12,14,17,20-21H,7-8,11,13H2,1-4H3,(H,24,28)/t17-,20+,21-/m0/s1. The third kappa shape index (κ3) is 3.44. The van der Waals surface area contributed by atoms with Gasteiger partial charge >= 0.3 is 0 Å². The van der Waals surface area contributed by atoms with Crippen LogP contribution in [-0.2, 0) is 4.74 Å². The molecule has 5 nitrogen and oxygen atoms in total. The highest BCUT2D eigenvalue weighted by molar-refractivity contribution is 7.80. The zero-order chi connectivity index (χ0) is 19.8. The van der Waals surface area contributed by atoms with Crippen molar-refractivity contribution in [2.75, 3.05) is 13.2 Å². The third-order valence-electron chi connectivity index (χ3n) is 5.98. The molecule has 0 saturated carbocycles. The topological polar surface area (TPSA) is 42.3 Å². The van der Waals surface area contributed by atoms with E-state index in [4.69, 9.17) is 17.0 Å². The van der Waals surface area contributed by atoms with Gasteiger partial charge in [-0.2, -0.15) is 0 Å². The van der Waals surface area contributed by atoms with Gasteiger partial charge in [0, 0.05) is 36.8 Å². The third-order valence-corrected chi connectivity index (χ3v) is 6.33. The highest BCUT2D eigenvalue weighted by Gasteiger charge is 2.42. The number of pyridine rings is 1. The number of nitrogens with one attached hydrogen (secondary N) is 1. The number of ether oxygens (including phenoxy) is 1. The molecule has 2 aromatic rings. The number of nitrogens with zero attached hydrogens (tertiary/aromatic N) is 3. The van der Waals surface area contributed by atoms with E-state index in [9.17, 15) is 0 Å². The molecule has 3 atom stereocenters. The fourth-order valence-electron chi connectivity index (χ4n) is 4.85. The second-order valence-corrected chi connectivity index (χ2v) is 8.59. The molecule has 2 aromatic heterocycles. The lowest BCUT2D eigenvalue weighted by molar-refractivity contribution is 0.0841. The summed E-state index contributed by atoms with van der Waals surface area (Å²) in [6.45, 7) is 10.6. The first-order valence-corrected chi connectivity index (χ1v) is 10.7. The van der Waals surface area contributed by atoms with Gasteiger partial charge < -0.3 is 19.5 Å². The fourth-order valence-corrected chi connectivity index (χ4v) is 5.16. The molecule has 4 rings (SSSR count). The number of hydrogen-bond donors (Lipinski definition) is 1. The minimum Gasteiger partial charge on any atom is -0.376 e. The molecule has 0 aromatic carbocycles. The molecule has 0 radical (unpaired) electrons. The molecule has 2 aliphatic heterocycles. The van der Waals surface area contributed by atoms with Gasteiger partial charge in [-0.1, -0.05) is 6.07 Å². The van der Waals surface area contributed by atoms with Crippen molar-refractivity contribution < 1.29 is 4.74 Å². The predicted molar refractivity (Wildman–Crippen MR) is 115 cm³/mol. The Morgan fingerprint density at radius 1 is 1.32 bits per heavy atom. The second-order valence-electron chi connectivity index (χ2n) is 8.20. The van der Waals surface area contributed by atoms with E-state index in [1.54, 1.807) is 0 Å². The Kier molecular flexibility index (Phi) is 5.43. The Morgan fingerprint density at radius 3 is 2.75 bits per heavy atom. The second kappa shape index (κ2) is 7.84. The minimum absolute atomic E-state index is 0.0382. The van der Waals surface area contributed by atoms with Crippen LogP contribution < -0.4 is 5.32 Å². The van der Waals surface area contributed by atoms with Crippen LogP contribution >= 0.6 is 12.2 Å². The van der Waals surface area contributed by atoms with Gasteiger partial charge in [-0.3, -0.25) is 4.98 Å². The normalized spacial score (nSPS) is 25.0. The molecule has 2 aliphatic rings. The van der Waals surface area contributed by atoms with Crippen LogP contribution in [-0.4, -0.2) is 38.8 Å². The van der Waals surface area contributed by atoms with Crippen molar-refractivity contribution >= 4 is 17.3 Å². The molecule has 0 unspecified atom stereocenters. The summed E-state index contributed by atoms with van der Waals surface area (Å²) in [5.74, 6) is 0.